The van der Waals surface area contributed by atoms with Gasteiger partial charge < -0.3 is 10.1 Å². The normalized spacial score (nSPS) is 32.5. The fraction of sp³-hybridized carbons (Fsp3) is 0.727. The van der Waals surface area contributed by atoms with Crippen LogP contribution in [0, 0.1) is 3.57 Å². The van der Waals surface area contributed by atoms with Crippen LogP contribution in [0.1, 0.15) is 25.0 Å². The topological polar surface area (TPSA) is 39.1 Å². The van der Waals surface area contributed by atoms with Gasteiger partial charge in [-0.3, -0.25) is 4.68 Å². The van der Waals surface area contributed by atoms with E-state index in [4.69, 9.17) is 4.74 Å². The Bertz CT molecular complexity index is 373. The van der Waals surface area contributed by atoms with Gasteiger partial charge in [0.25, 0.3) is 0 Å². The fourth-order valence-corrected chi connectivity index (χ4v) is 3.38. The molecule has 3 atom stereocenters. The van der Waals surface area contributed by atoms with Crippen molar-refractivity contribution in [2.75, 3.05) is 0 Å². The van der Waals surface area contributed by atoms with Crippen molar-refractivity contribution >= 4 is 22.6 Å². The minimum absolute atomic E-state index is 0.455. The molecule has 2 aliphatic heterocycles. The number of ether oxygens (including phenoxy) is 1. The Kier molecular flexibility index (Phi) is 2.93. The van der Waals surface area contributed by atoms with Crippen LogP contribution in [0.15, 0.2) is 6.20 Å². The van der Waals surface area contributed by atoms with Crippen molar-refractivity contribution in [2.45, 2.75) is 44.1 Å². The molecule has 4 nitrogen and oxygen atoms in total. The van der Waals surface area contributed by atoms with Gasteiger partial charge in [0.2, 0.25) is 0 Å². The molecule has 0 amide bonds. The van der Waals surface area contributed by atoms with Crippen molar-refractivity contribution in [1.29, 1.82) is 0 Å². The number of fused-ring (bicyclic) bond motifs is 2. The Hall–Kier alpha value is -0.140. The maximum absolute atomic E-state index is 5.83. The Balaban J connectivity index is 1.61. The van der Waals surface area contributed by atoms with E-state index in [9.17, 15) is 0 Å². The van der Waals surface area contributed by atoms with E-state index in [1.54, 1.807) is 0 Å². The third-order valence-electron chi connectivity index (χ3n) is 3.65. The van der Waals surface area contributed by atoms with Crippen LogP contribution in [-0.4, -0.2) is 28.0 Å². The van der Waals surface area contributed by atoms with E-state index < -0.39 is 0 Å². The van der Waals surface area contributed by atoms with Crippen LogP contribution in [0.5, 0.6) is 0 Å². The van der Waals surface area contributed by atoms with Crippen LogP contribution in [-0.2, 0) is 18.3 Å². The minimum atomic E-state index is 0.455. The van der Waals surface area contributed by atoms with Crippen LogP contribution in [0.4, 0.5) is 0 Å². The van der Waals surface area contributed by atoms with E-state index in [-0.39, 0.29) is 0 Å². The average molecular weight is 333 g/mol. The van der Waals surface area contributed by atoms with Crippen molar-refractivity contribution in [3.05, 3.63) is 15.5 Å². The van der Waals surface area contributed by atoms with Gasteiger partial charge in [0, 0.05) is 19.6 Å². The van der Waals surface area contributed by atoms with Gasteiger partial charge in [-0.05, 0) is 41.9 Å². The third kappa shape index (κ3) is 1.89. The molecule has 88 valence electrons. The zero-order valence-electron chi connectivity index (χ0n) is 9.32. The number of nitrogens with zero attached hydrogens (tertiary/aromatic N) is 2. The van der Waals surface area contributed by atoms with Gasteiger partial charge in [-0.2, -0.15) is 5.10 Å². The molecule has 3 unspecified atom stereocenters. The molecule has 3 rings (SSSR count). The van der Waals surface area contributed by atoms with Gasteiger partial charge in [-0.15, -0.1) is 0 Å². The van der Waals surface area contributed by atoms with E-state index in [1.165, 1.54) is 28.5 Å². The number of rotatable bonds is 3. The smallest absolute Gasteiger partial charge is 0.0733 e. The first-order valence-corrected chi connectivity index (χ1v) is 6.87. The first-order chi connectivity index (χ1) is 7.74. The summed E-state index contributed by atoms with van der Waals surface area (Å²) in [4.78, 5) is 0. The largest absolute Gasteiger partial charge is 0.373 e. The van der Waals surface area contributed by atoms with Crippen LogP contribution >= 0.6 is 22.6 Å². The zero-order chi connectivity index (χ0) is 11.1. The molecule has 2 aliphatic rings. The summed E-state index contributed by atoms with van der Waals surface area (Å²) in [5, 5.41) is 7.85. The standard InChI is InChI=1S/C11H16IN3O/c1-15-10(8(12)5-14-15)6-13-9-4-7-2-3-11(9)16-7/h5,7,9,11,13H,2-4,6H2,1H3. The van der Waals surface area contributed by atoms with E-state index >= 15 is 0 Å². The lowest BCUT2D eigenvalue weighted by Gasteiger charge is -2.20. The van der Waals surface area contributed by atoms with E-state index in [2.05, 4.69) is 33.0 Å². The molecule has 2 saturated heterocycles. The summed E-state index contributed by atoms with van der Waals surface area (Å²) in [6, 6.07) is 0.546. The third-order valence-corrected chi connectivity index (χ3v) is 4.55. The molecule has 0 saturated carbocycles. The Morgan fingerprint density at radius 2 is 2.50 bits per heavy atom. The van der Waals surface area contributed by atoms with Gasteiger partial charge in [-0.25, -0.2) is 0 Å². The summed E-state index contributed by atoms with van der Waals surface area (Å²) >= 11 is 2.34. The predicted octanol–water partition coefficient (Wildman–Crippen LogP) is 1.43. The van der Waals surface area contributed by atoms with E-state index in [0.717, 1.165) is 6.54 Å². The van der Waals surface area contributed by atoms with Gasteiger partial charge in [0.15, 0.2) is 0 Å². The lowest BCUT2D eigenvalue weighted by molar-refractivity contribution is 0.0972. The molecule has 0 spiro atoms. The summed E-state index contributed by atoms with van der Waals surface area (Å²) in [6.45, 7) is 0.895. The molecular weight excluding hydrogens is 317 g/mol. The Morgan fingerprint density at radius 3 is 3.06 bits per heavy atom. The molecule has 2 bridgehead atoms. The molecule has 1 N–H and O–H groups in total. The second-order valence-corrected chi connectivity index (χ2v) is 5.82. The highest BCUT2D eigenvalue weighted by molar-refractivity contribution is 14.1. The fourth-order valence-electron chi connectivity index (χ4n) is 2.72. The van der Waals surface area contributed by atoms with Gasteiger partial charge in [0.1, 0.15) is 0 Å². The number of aryl methyl sites for hydroxylation is 1. The van der Waals surface area contributed by atoms with Gasteiger partial charge >= 0.3 is 0 Å². The highest BCUT2D eigenvalue weighted by Crippen LogP contribution is 2.34. The first kappa shape index (κ1) is 11.0. The Morgan fingerprint density at radius 1 is 1.62 bits per heavy atom. The predicted molar refractivity (Wildman–Crippen MR) is 69.1 cm³/mol. The van der Waals surface area contributed by atoms with Gasteiger partial charge in [-0.1, -0.05) is 0 Å². The maximum atomic E-state index is 5.83. The molecule has 3 heterocycles. The van der Waals surface area contributed by atoms with Crippen LogP contribution in [0.2, 0.25) is 0 Å². The lowest BCUT2D eigenvalue weighted by atomic mass is 9.95. The summed E-state index contributed by atoms with van der Waals surface area (Å²) < 4.78 is 9.01. The molecule has 16 heavy (non-hydrogen) atoms. The molecule has 1 aromatic heterocycles. The number of aromatic nitrogens is 2. The van der Waals surface area contributed by atoms with Crippen LogP contribution in [0.3, 0.4) is 0 Å². The number of halogens is 1. The average Bonchev–Trinajstić information content (AvgIpc) is 2.94. The van der Waals surface area contributed by atoms with Crippen LogP contribution < -0.4 is 5.32 Å². The molecule has 5 heteroatoms. The van der Waals surface area contributed by atoms with Crippen molar-refractivity contribution < 1.29 is 4.74 Å². The first-order valence-electron chi connectivity index (χ1n) is 5.79. The molecule has 0 aromatic carbocycles. The maximum Gasteiger partial charge on any atom is 0.0733 e. The second kappa shape index (κ2) is 4.27. The molecule has 2 fully saturated rings. The van der Waals surface area contributed by atoms with Crippen molar-refractivity contribution in [3.8, 4) is 0 Å². The number of hydrogen-bond donors (Lipinski definition) is 1. The zero-order valence-corrected chi connectivity index (χ0v) is 11.5. The molecular formula is C11H16IN3O. The molecule has 0 radical (unpaired) electrons. The summed E-state index contributed by atoms with van der Waals surface area (Å²) in [6.07, 6.45) is 6.55. The molecule has 1 aromatic rings. The second-order valence-electron chi connectivity index (χ2n) is 4.66. The van der Waals surface area contributed by atoms with Crippen molar-refractivity contribution in [3.63, 3.8) is 0 Å². The Labute approximate surface area is 109 Å². The summed E-state index contributed by atoms with van der Waals surface area (Å²) in [5.74, 6) is 0. The molecule has 0 aliphatic carbocycles. The monoisotopic (exact) mass is 333 g/mol. The number of nitrogens with one attached hydrogen (secondary N) is 1. The number of hydrogen-bond acceptors (Lipinski definition) is 3. The van der Waals surface area contributed by atoms with Crippen molar-refractivity contribution in [1.82, 2.24) is 15.1 Å². The van der Waals surface area contributed by atoms with Crippen molar-refractivity contribution in [2.24, 2.45) is 7.05 Å². The summed E-state index contributed by atoms with van der Waals surface area (Å²) in [5.41, 5.74) is 1.27. The highest BCUT2D eigenvalue weighted by atomic mass is 127. The van der Waals surface area contributed by atoms with Gasteiger partial charge in [0.05, 0.1) is 27.7 Å². The lowest BCUT2D eigenvalue weighted by Crippen LogP contribution is -2.37. The van der Waals surface area contributed by atoms with E-state index in [1.807, 2.05) is 17.9 Å². The quantitative estimate of drug-likeness (QED) is 0.851. The highest BCUT2D eigenvalue weighted by Gasteiger charge is 2.40. The van der Waals surface area contributed by atoms with Crippen LogP contribution in [0.25, 0.3) is 0 Å². The minimum Gasteiger partial charge on any atom is -0.373 e. The van der Waals surface area contributed by atoms with E-state index in [0.29, 0.717) is 18.2 Å². The SMILES string of the molecule is Cn1ncc(I)c1CNC1CC2CCC1O2. The summed E-state index contributed by atoms with van der Waals surface area (Å²) in [7, 11) is 2.00.